The molecule has 1 rings (SSSR count). The summed E-state index contributed by atoms with van der Waals surface area (Å²) in [7, 11) is 0. The molecular weight excluding hydrogens is 198 g/mol. The van der Waals surface area contributed by atoms with E-state index in [1.54, 1.807) is 0 Å². The van der Waals surface area contributed by atoms with Gasteiger partial charge in [0.25, 0.3) is 0 Å². The van der Waals surface area contributed by atoms with Crippen molar-refractivity contribution >= 4 is 0 Å². The molecule has 0 aromatic rings. The van der Waals surface area contributed by atoms with Gasteiger partial charge in [0, 0.05) is 12.6 Å². The largest absolute Gasteiger partial charge is 0.378 e. The van der Waals surface area contributed by atoms with Crippen molar-refractivity contribution in [3.8, 4) is 0 Å². The molecule has 0 aliphatic carbocycles. The summed E-state index contributed by atoms with van der Waals surface area (Å²) < 4.78 is 5.70. The third-order valence-corrected chi connectivity index (χ3v) is 3.32. The molecule has 1 fully saturated rings. The summed E-state index contributed by atoms with van der Waals surface area (Å²) in [4.78, 5) is 0. The Morgan fingerprint density at radius 1 is 1.31 bits per heavy atom. The summed E-state index contributed by atoms with van der Waals surface area (Å²) in [6.45, 7) is 4.67. The second-order valence-corrected chi connectivity index (χ2v) is 4.91. The maximum atomic E-state index is 6.12. The van der Waals surface area contributed by atoms with Crippen LogP contribution in [0.5, 0.6) is 0 Å². The lowest BCUT2D eigenvalue weighted by molar-refractivity contribution is 0.00690. The van der Waals surface area contributed by atoms with Crippen molar-refractivity contribution in [1.29, 1.82) is 0 Å². The van der Waals surface area contributed by atoms with Gasteiger partial charge in [-0.15, -0.1) is 6.58 Å². The van der Waals surface area contributed by atoms with E-state index < -0.39 is 0 Å². The van der Waals surface area contributed by atoms with Gasteiger partial charge in [-0.2, -0.15) is 0 Å². The summed E-state index contributed by atoms with van der Waals surface area (Å²) >= 11 is 0. The van der Waals surface area contributed by atoms with Gasteiger partial charge >= 0.3 is 0 Å². The summed E-state index contributed by atoms with van der Waals surface area (Å²) in [5, 5.41) is 0. The van der Waals surface area contributed by atoms with E-state index in [1.165, 1.54) is 38.5 Å². The van der Waals surface area contributed by atoms with Gasteiger partial charge in [-0.25, -0.2) is 0 Å². The van der Waals surface area contributed by atoms with Crippen LogP contribution in [-0.4, -0.2) is 18.8 Å². The average molecular weight is 225 g/mol. The topological polar surface area (TPSA) is 35.2 Å². The molecule has 0 aromatic heterocycles. The van der Waals surface area contributed by atoms with E-state index in [0.29, 0.717) is 12.1 Å². The van der Waals surface area contributed by atoms with Gasteiger partial charge in [-0.1, -0.05) is 18.9 Å². The lowest BCUT2D eigenvalue weighted by Gasteiger charge is -2.25. The quantitative estimate of drug-likeness (QED) is 0.507. The predicted octanol–water partition coefficient (Wildman–Crippen LogP) is 3.41. The van der Waals surface area contributed by atoms with Gasteiger partial charge < -0.3 is 10.5 Å². The molecule has 0 saturated carbocycles. The Morgan fingerprint density at radius 2 is 2.19 bits per heavy atom. The number of allylic oxidation sites excluding steroid dienone is 1. The van der Waals surface area contributed by atoms with E-state index in [-0.39, 0.29) is 0 Å². The van der Waals surface area contributed by atoms with Crippen LogP contribution in [0.15, 0.2) is 12.7 Å². The van der Waals surface area contributed by atoms with Crippen molar-refractivity contribution in [3.05, 3.63) is 12.7 Å². The first-order valence-electron chi connectivity index (χ1n) is 6.81. The molecule has 94 valence electrons. The fourth-order valence-corrected chi connectivity index (χ4v) is 2.32. The SMILES string of the molecule is C=CCCCCCC(N)CC1CCCCO1. The number of unbranched alkanes of at least 4 members (excludes halogenated alkanes) is 3. The highest BCUT2D eigenvalue weighted by Gasteiger charge is 2.16. The lowest BCUT2D eigenvalue weighted by atomic mass is 9.98. The molecule has 2 atom stereocenters. The van der Waals surface area contributed by atoms with Gasteiger partial charge in [0.05, 0.1) is 6.10 Å². The van der Waals surface area contributed by atoms with Crippen LogP contribution in [0, 0.1) is 0 Å². The third-order valence-electron chi connectivity index (χ3n) is 3.32. The standard InChI is InChI=1S/C14H27NO/c1-2-3-4-5-6-9-13(15)12-14-10-7-8-11-16-14/h2,13-14H,1,3-12,15H2. The lowest BCUT2D eigenvalue weighted by Crippen LogP contribution is -2.29. The van der Waals surface area contributed by atoms with Gasteiger partial charge in [0.15, 0.2) is 0 Å². The Balaban J connectivity index is 1.96. The minimum absolute atomic E-state index is 0.340. The Bertz CT molecular complexity index is 176. The number of hydrogen-bond acceptors (Lipinski definition) is 2. The zero-order chi connectivity index (χ0) is 11.6. The second-order valence-electron chi connectivity index (χ2n) is 4.91. The Morgan fingerprint density at radius 3 is 2.88 bits per heavy atom. The molecule has 0 amide bonds. The Labute approximate surface area is 100 Å². The molecule has 1 saturated heterocycles. The first-order valence-corrected chi connectivity index (χ1v) is 6.81. The molecule has 16 heavy (non-hydrogen) atoms. The minimum Gasteiger partial charge on any atom is -0.378 e. The van der Waals surface area contributed by atoms with Gasteiger partial charge in [-0.05, 0) is 44.9 Å². The van der Waals surface area contributed by atoms with Gasteiger partial charge in [-0.3, -0.25) is 0 Å². The fourth-order valence-electron chi connectivity index (χ4n) is 2.32. The number of hydrogen-bond donors (Lipinski definition) is 1. The third kappa shape index (κ3) is 6.29. The van der Waals surface area contributed by atoms with E-state index in [9.17, 15) is 0 Å². The molecule has 2 heteroatoms. The molecule has 0 bridgehead atoms. The molecule has 1 aliphatic heterocycles. The van der Waals surface area contributed by atoms with Crippen LogP contribution >= 0.6 is 0 Å². The highest BCUT2D eigenvalue weighted by molar-refractivity contribution is 4.72. The maximum absolute atomic E-state index is 6.12. The summed E-state index contributed by atoms with van der Waals surface area (Å²) in [5.74, 6) is 0. The predicted molar refractivity (Wildman–Crippen MR) is 69.5 cm³/mol. The van der Waals surface area contributed by atoms with Crippen molar-refractivity contribution in [3.63, 3.8) is 0 Å². The summed E-state index contributed by atoms with van der Waals surface area (Å²) in [6.07, 6.45) is 13.3. The summed E-state index contributed by atoms with van der Waals surface area (Å²) in [5.41, 5.74) is 6.12. The summed E-state index contributed by atoms with van der Waals surface area (Å²) in [6, 6.07) is 0.340. The molecule has 0 radical (unpaired) electrons. The van der Waals surface area contributed by atoms with E-state index in [0.717, 1.165) is 25.9 Å². The van der Waals surface area contributed by atoms with Gasteiger partial charge in [0.2, 0.25) is 0 Å². The van der Waals surface area contributed by atoms with Crippen molar-refractivity contribution in [2.24, 2.45) is 5.73 Å². The second kappa shape index (κ2) is 8.77. The van der Waals surface area contributed by atoms with Crippen LogP contribution in [0.1, 0.15) is 57.8 Å². The van der Waals surface area contributed by atoms with Crippen molar-refractivity contribution in [2.45, 2.75) is 69.9 Å². The molecule has 1 aliphatic rings. The van der Waals surface area contributed by atoms with Crippen molar-refractivity contribution < 1.29 is 4.74 Å². The van der Waals surface area contributed by atoms with Crippen LogP contribution < -0.4 is 5.73 Å². The van der Waals surface area contributed by atoms with E-state index >= 15 is 0 Å². The monoisotopic (exact) mass is 225 g/mol. The Hall–Kier alpha value is -0.340. The van der Waals surface area contributed by atoms with Crippen molar-refractivity contribution in [1.82, 2.24) is 0 Å². The normalized spacial score (nSPS) is 22.9. The van der Waals surface area contributed by atoms with E-state index in [2.05, 4.69) is 6.58 Å². The molecule has 2 N–H and O–H groups in total. The van der Waals surface area contributed by atoms with Crippen LogP contribution in [0.4, 0.5) is 0 Å². The number of rotatable bonds is 8. The van der Waals surface area contributed by atoms with Crippen LogP contribution in [-0.2, 0) is 4.74 Å². The zero-order valence-corrected chi connectivity index (χ0v) is 10.5. The molecule has 0 spiro atoms. The maximum Gasteiger partial charge on any atom is 0.0589 e. The first kappa shape index (κ1) is 13.7. The van der Waals surface area contributed by atoms with E-state index in [1.807, 2.05) is 6.08 Å². The molecule has 2 unspecified atom stereocenters. The highest BCUT2D eigenvalue weighted by Crippen LogP contribution is 2.18. The van der Waals surface area contributed by atoms with Crippen LogP contribution in [0.25, 0.3) is 0 Å². The molecule has 0 aromatic carbocycles. The van der Waals surface area contributed by atoms with E-state index in [4.69, 9.17) is 10.5 Å². The minimum atomic E-state index is 0.340. The smallest absolute Gasteiger partial charge is 0.0589 e. The average Bonchev–Trinajstić information content (AvgIpc) is 2.30. The highest BCUT2D eigenvalue weighted by atomic mass is 16.5. The molecular formula is C14H27NO. The molecule has 2 nitrogen and oxygen atoms in total. The van der Waals surface area contributed by atoms with Crippen molar-refractivity contribution in [2.75, 3.05) is 6.61 Å². The number of ether oxygens (including phenoxy) is 1. The zero-order valence-electron chi connectivity index (χ0n) is 10.5. The van der Waals surface area contributed by atoms with Gasteiger partial charge in [0.1, 0.15) is 0 Å². The Kier molecular flexibility index (Phi) is 7.52. The fraction of sp³-hybridized carbons (Fsp3) is 0.857. The van der Waals surface area contributed by atoms with Crippen LogP contribution in [0.3, 0.4) is 0 Å². The van der Waals surface area contributed by atoms with Crippen LogP contribution in [0.2, 0.25) is 0 Å². The first-order chi connectivity index (χ1) is 7.83. The number of nitrogens with two attached hydrogens (primary N) is 1. The molecule has 1 heterocycles.